The third-order valence-electron chi connectivity index (χ3n) is 3.89. The first-order chi connectivity index (χ1) is 10.8. The third-order valence-corrected chi connectivity index (χ3v) is 3.89. The second kappa shape index (κ2) is 8.89. The lowest BCUT2D eigenvalue weighted by Gasteiger charge is -2.15. The van der Waals surface area contributed by atoms with Crippen molar-refractivity contribution < 1.29 is 0 Å². The van der Waals surface area contributed by atoms with Crippen LogP contribution in [-0.2, 0) is 6.54 Å². The second-order valence-electron chi connectivity index (χ2n) is 5.52. The largest absolute Gasteiger partial charge is 0.356 e. The number of benzene rings is 1. The predicted molar refractivity (Wildman–Crippen MR) is 90.5 cm³/mol. The van der Waals surface area contributed by atoms with Crippen LogP contribution in [-0.4, -0.2) is 19.6 Å². The summed E-state index contributed by atoms with van der Waals surface area (Å²) in [7, 11) is 1.79. The SMILES string of the molecule is CN=C(NCCC1=CCCCC1)NCc1ccc(C#N)cc1. The molecule has 1 aliphatic carbocycles. The first-order valence-electron chi connectivity index (χ1n) is 7.93. The van der Waals surface area contributed by atoms with Crippen LogP contribution in [0.15, 0.2) is 40.9 Å². The molecule has 0 atom stereocenters. The Hall–Kier alpha value is -2.28. The number of nitrogens with zero attached hydrogens (tertiary/aromatic N) is 2. The fourth-order valence-corrected chi connectivity index (χ4v) is 2.58. The lowest BCUT2D eigenvalue weighted by atomic mass is 9.97. The van der Waals surface area contributed by atoms with Gasteiger partial charge in [-0.05, 0) is 49.8 Å². The van der Waals surface area contributed by atoms with E-state index in [1.807, 2.05) is 24.3 Å². The molecule has 22 heavy (non-hydrogen) atoms. The van der Waals surface area contributed by atoms with Crippen LogP contribution >= 0.6 is 0 Å². The van der Waals surface area contributed by atoms with Gasteiger partial charge in [0.15, 0.2) is 5.96 Å². The van der Waals surface area contributed by atoms with Crippen LogP contribution in [0.4, 0.5) is 0 Å². The van der Waals surface area contributed by atoms with Gasteiger partial charge in [-0.2, -0.15) is 5.26 Å². The van der Waals surface area contributed by atoms with Gasteiger partial charge in [0, 0.05) is 20.1 Å². The summed E-state index contributed by atoms with van der Waals surface area (Å²) in [6, 6.07) is 9.73. The third kappa shape index (κ3) is 5.25. The van der Waals surface area contributed by atoms with Crippen LogP contribution < -0.4 is 10.6 Å². The number of guanidine groups is 1. The van der Waals surface area contributed by atoms with Crippen molar-refractivity contribution in [2.45, 2.75) is 38.6 Å². The van der Waals surface area contributed by atoms with Crippen molar-refractivity contribution in [1.29, 1.82) is 5.26 Å². The van der Waals surface area contributed by atoms with Crippen molar-refractivity contribution >= 4 is 5.96 Å². The van der Waals surface area contributed by atoms with E-state index in [0.717, 1.165) is 24.5 Å². The van der Waals surface area contributed by atoms with Crippen molar-refractivity contribution in [3.63, 3.8) is 0 Å². The Labute approximate surface area is 133 Å². The number of nitriles is 1. The zero-order valence-corrected chi connectivity index (χ0v) is 13.2. The van der Waals surface area contributed by atoms with Crippen LogP contribution in [0, 0.1) is 11.3 Å². The zero-order valence-electron chi connectivity index (χ0n) is 13.2. The molecule has 0 aromatic heterocycles. The normalized spacial score (nSPS) is 14.9. The summed E-state index contributed by atoms with van der Waals surface area (Å²) in [6.07, 6.45) is 8.64. The van der Waals surface area contributed by atoms with E-state index >= 15 is 0 Å². The highest BCUT2D eigenvalue weighted by Crippen LogP contribution is 2.19. The maximum absolute atomic E-state index is 8.79. The van der Waals surface area contributed by atoms with Gasteiger partial charge in [-0.25, -0.2) is 0 Å². The molecule has 4 heteroatoms. The van der Waals surface area contributed by atoms with Crippen molar-refractivity contribution in [2.24, 2.45) is 4.99 Å². The van der Waals surface area contributed by atoms with E-state index in [2.05, 4.69) is 27.8 Å². The average Bonchev–Trinajstić information content (AvgIpc) is 2.59. The molecule has 0 saturated carbocycles. The fourth-order valence-electron chi connectivity index (χ4n) is 2.58. The van der Waals surface area contributed by atoms with Crippen molar-refractivity contribution in [3.05, 3.63) is 47.0 Å². The number of rotatable bonds is 5. The Bertz CT molecular complexity index is 564. The highest BCUT2D eigenvalue weighted by Gasteiger charge is 2.04. The molecule has 0 unspecified atom stereocenters. The van der Waals surface area contributed by atoms with Gasteiger partial charge in [-0.15, -0.1) is 0 Å². The first-order valence-corrected chi connectivity index (χ1v) is 7.93. The Morgan fingerprint density at radius 2 is 2.05 bits per heavy atom. The van der Waals surface area contributed by atoms with Gasteiger partial charge in [0.1, 0.15) is 0 Å². The predicted octanol–water partition coefficient (Wildman–Crippen LogP) is 3.11. The van der Waals surface area contributed by atoms with E-state index in [0.29, 0.717) is 12.1 Å². The summed E-state index contributed by atoms with van der Waals surface area (Å²) in [5.74, 6) is 0.820. The molecule has 1 aromatic carbocycles. The van der Waals surface area contributed by atoms with Gasteiger partial charge < -0.3 is 10.6 Å². The molecular weight excluding hydrogens is 272 g/mol. The van der Waals surface area contributed by atoms with Crippen LogP contribution in [0.2, 0.25) is 0 Å². The van der Waals surface area contributed by atoms with Crippen molar-refractivity contribution in [2.75, 3.05) is 13.6 Å². The fraction of sp³-hybridized carbons (Fsp3) is 0.444. The number of aliphatic imine (C=N–C) groups is 1. The van der Waals surface area contributed by atoms with E-state index in [1.54, 1.807) is 12.6 Å². The van der Waals surface area contributed by atoms with Gasteiger partial charge in [0.25, 0.3) is 0 Å². The summed E-state index contributed by atoms with van der Waals surface area (Å²) in [5, 5.41) is 15.4. The standard InChI is InChI=1S/C18H24N4/c1-20-18(21-12-11-15-5-3-2-4-6-15)22-14-17-9-7-16(13-19)8-10-17/h5,7-10H,2-4,6,11-12,14H2,1H3,(H2,20,21,22). The molecule has 0 aliphatic heterocycles. The average molecular weight is 296 g/mol. The quantitative estimate of drug-likeness (QED) is 0.498. The van der Waals surface area contributed by atoms with E-state index < -0.39 is 0 Å². The molecule has 2 rings (SSSR count). The molecular formula is C18H24N4. The molecule has 1 aromatic rings. The Kier molecular flexibility index (Phi) is 6.50. The van der Waals surface area contributed by atoms with E-state index in [4.69, 9.17) is 5.26 Å². The highest BCUT2D eigenvalue weighted by atomic mass is 15.2. The molecule has 0 spiro atoms. The maximum atomic E-state index is 8.79. The second-order valence-corrected chi connectivity index (χ2v) is 5.52. The molecule has 0 fully saturated rings. The lowest BCUT2D eigenvalue weighted by Crippen LogP contribution is -2.37. The van der Waals surface area contributed by atoms with E-state index in [9.17, 15) is 0 Å². The zero-order chi connectivity index (χ0) is 15.6. The van der Waals surface area contributed by atoms with Crippen LogP contribution in [0.5, 0.6) is 0 Å². The summed E-state index contributed by atoms with van der Waals surface area (Å²) in [4.78, 5) is 4.24. The molecule has 0 amide bonds. The van der Waals surface area contributed by atoms with Gasteiger partial charge >= 0.3 is 0 Å². The molecule has 116 valence electrons. The monoisotopic (exact) mass is 296 g/mol. The lowest BCUT2D eigenvalue weighted by molar-refractivity contribution is 0.665. The molecule has 0 bridgehead atoms. The summed E-state index contributed by atoms with van der Waals surface area (Å²) in [6.45, 7) is 1.62. The van der Waals surface area contributed by atoms with E-state index in [1.165, 1.54) is 25.7 Å². The molecule has 0 saturated heterocycles. The Morgan fingerprint density at radius 1 is 1.23 bits per heavy atom. The molecule has 0 radical (unpaired) electrons. The van der Waals surface area contributed by atoms with Crippen LogP contribution in [0.3, 0.4) is 0 Å². The molecule has 1 aliphatic rings. The first kappa shape index (κ1) is 16.1. The van der Waals surface area contributed by atoms with Gasteiger partial charge in [0.2, 0.25) is 0 Å². The smallest absolute Gasteiger partial charge is 0.191 e. The topological polar surface area (TPSA) is 60.2 Å². The minimum absolute atomic E-state index is 0.687. The maximum Gasteiger partial charge on any atom is 0.191 e. The highest BCUT2D eigenvalue weighted by molar-refractivity contribution is 5.79. The number of nitrogens with one attached hydrogen (secondary N) is 2. The number of hydrogen-bond donors (Lipinski definition) is 2. The Balaban J connectivity index is 1.72. The minimum atomic E-state index is 0.687. The summed E-state index contributed by atoms with van der Waals surface area (Å²) >= 11 is 0. The number of hydrogen-bond acceptors (Lipinski definition) is 2. The minimum Gasteiger partial charge on any atom is -0.356 e. The summed E-state index contributed by atoms with van der Waals surface area (Å²) < 4.78 is 0. The Morgan fingerprint density at radius 3 is 2.68 bits per heavy atom. The molecule has 0 heterocycles. The van der Waals surface area contributed by atoms with Gasteiger partial charge in [-0.1, -0.05) is 23.8 Å². The van der Waals surface area contributed by atoms with Crippen LogP contribution in [0.1, 0.15) is 43.2 Å². The van der Waals surface area contributed by atoms with Gasteiger partial charge in [0.05, 0.1) is 11.6 Å². The molecule has 4 nitrogen and oxygen atoms in total. The molecule has 2 N–H and O–H groups in total. The summed E-state index contributed by atoms with van der Waals surface area (Å²) in [5.41, 5.74) is 3.39. The van der Waals surface area contributed by atoms with Gasteiger partial charge in [-0.3, -0.25) is 4.99 Å². The number of allylic oxidation sites excluding steroid dienone is 1. The van der Waals surface area contributed by atoms with Crippen LogP contribution in [0.25, 0.3) is 0 Å². The van der Waals surface area contributed by atoms with E-state index in [-0.39, 0.29) is 0 Å². The van der Waals surface area contributed by atoms with Crippen molar-refractivity contribution in [3.8, 4) is 6.07 Å². The van der Waals surface area contributed by atoms with Crippen molar-refractivity contribution in [1.82, 2.24) is 10.6 Å².